The SMILES string of the molecule is COc1ccc(-c2nc3c(C(=O)N4CCN(C(CO)c5ccc(OC)nc5OC)C[C@H]4C)cnn3c(C(F)(F)F)c2C)cc1. The fourth-order valence-corrected chi connectivity index (χ4v) is 5.69. The molecule has 11 nitrogen and oxygen atoms in total. The minimum Gasteiger partial charge on any atom is -0.497 e. The maximum atomic E-state index is 14.4. The van der Waals surface area contributed by atoms with Gasteiger partial charge in [-0.3, -0.25) is 9.69 Å². The first-order chi connectivity index (χ1) is 21.0. The number of methoxy groups -OCH3 is 3. The molecule has 5 rings (SSSR count). The normalized spacial score (nSPS) is 16.7. The summed E-state index contributed by atoms with van der Waals surface area (Å²) in [5, 5.41) is 14.3. The topological polar surface area (TPSA) is 115 Å². The molecule has 3 aromatic heterocycles. The number of hydrogen-bond donors (Lipinski definition) is 1. The molecule has 4 aromatic rings. The van der Waals surface area contributed by atoms with Crippen molar-refractivity contribution in [1.82, 2.24) is 29.4 Å². The van der Waals surface area contributed by atoms with Gasteiger partial charge in [-0.05, 0) is 44.2 Å². The summed E-state index contributed by atoms with van der Waals surface area (Å²) in [6.45, 7) is 3.97. The molecular weight excluding hydrogens is 581 g/mol. The number of halogens is 3. The Kier molecular flexibility index (Phi) is 8.66. The van der Waals surface area contributed by atoms with Gasteiger partial charge in [-0.1, -0.05) is 0 Å². The van der Waals surface area contributed by atoms with Crippen LogP contribution in [0.2, 0.25) is 0 Å². The number of piperazine rings is 1. The van der Waals surface area contributed by atoms with Gasteiger partial charge in [0.1, 0.15) is 11.3 Å². The van der Waals surface area contributed by atoms with E-state index in [2.05, 4.69) is 15.1 Å². The average Bonchev–Trinajstić information content (AvgIpc) is 3.43. The molecule has 14 heteroatoms. The number of ether oxygens (including phenoxy) is 3. The molecule has 1 aliphatic heterocycles. The van der Waals surface area contributed by atoms with E-state index in [9.17, 15) is 23.1 Å². The molecule has 44 heavy (non-hydrogen) atoms. The number of nitrogens with zero attached hydrogens (tertiary/aromatic N) is 6. The van der Waals surface area contributed by atoms with Crippen LogP contribution in [0.1, 0.15) is 40.1 Å². The van der Waals surface area contributed by atoms with E-state index in [1.165, 1.54) is 28.3 Å². The first-order valence-corrected chi connectivity index (χ1v) is 13.9. The van der Waals surface area contributed by atoms with E-state index in [0.717, 1.165) is 6.20 Å². The Morgan fingerprint density at radius 1 is 1.05 bits per heavy atom. The molecular formula is C30H33F3N6O5. The van der Waals surface area contributed by atoms with Gasteiger partial charge >= 0.3 is 6.18 Å². The number of aliphatic hydroxyl groups excluding tert-OH is 1. The van der Waals surface area contributed by atoms with Gasteiger partial charge < -0.3 is 24.2 Å². The zero-order valence-corrected chi connectivity index (χ0v) is 24.9. The van der Waals surface area contributed by atoms with Crippen molar-refractivity contribution in [3.8, 4) is 28.8 Å². The molecule has 1 aliphatic rings. The van der Waals surface area contributed by atoms with Crippen LogP contribution in [0.3, 0.4) is 0 Å². The molecule has 1 fully saturated rings. The smallest absolute Gasteiger partial charge is 0.433 e. The number of aliphatic hydroxyl groups is 1. The highest BCUT2D eigenvalue weighted by molar-refractivity contribution is 6.00. The predicted molar refractivity (Wildman–Crippen MR) is 154 cm³/mol. The third-order valence-electron chi connectivity index (χ3n) is 7.91. The lowest BCUT2D eigenvalue weighted by atomic mass is 10.0. The first-order valence-electron chi connectivity index (χ1n) is 13.9. The van der Waals surface area contributed by atoms with E-state index in [1.807, 2.05) is 11.8 Å². The Morgan fingerprint density at radius 3 is 2.36 bits per heavy atom. The van der Waals surface area contributed by atoms with Gasteiger partial charge in [0, 0.05) is 48.4 Å². The van der Waals surface area contributed by atoms with E-state index >= 15 is 0 Å². The predicted octanol–water partition coefficient (Wildman–Crippen LogP) is 4.02. The minimum absolute atomic E-state index is 0.0368. The van der Waals surface area contributed by atoms with E-state index in [4.69, 9.17) is 14.2 Å². The summed E-state index contributed by atoms with van der Waals surface area (Å²) in [5.74, 6) is 0.742. The van der Waals surface area contributed by atoms with E-state index in [-0.39, 0.29) is 41.7 Å². The van der Waals surface area contributed by atoms with Crippen molar-refractivity contribution in [3.63, 3.8) is 0 Å². The van der Waals surface area contributed by atoms with Crippen molar-refractivity contribution in [2.45, 2.75) is 32.1 Å². The number of rotatable bonds is 8. The summed E-state index contributed by atoms with van der Waals surface area (Å²) in [5.41, 5.74) is -0.142. The summed E-state index contributed by atoms with van der Waals surface area (Å²) in [6, 6.07) is 9.14. The minimum atomic E-state index is -4.76. The summed E-state index contributed by atoms with van der Waals surface area (Å²) >= 11 is 0. The van der Waals surface area contributed by atoms with Crippen LogP contribution in [-0.2, 0) is 6.18 Å². The molecule has 1 amide bonds. The van der Waals surface area contributed by atoms with Crippen LogP contribution in [0, 0.1) is 6.92 Å². The highest BCUT2D eigenvalue weighted by Crippen LogP contribution is 2.37. The highest BCUT2D eigenvalue weighted by atomic mass is 19.4. The zero-order valence-electron chi connectivity index (χ0n) is 24.9. The average molecular weight is 615 g/mol. The number of aromatic nitrogens is 4. The second-order valence-corrected chi connectivity index (χ2v) is 10.4. The third-order valence-corrected chi connectivity index (χ3v) is 7.91. The molecule has 4 heterocycles. The maximum Gasteiger partial charge on any atom is 0.433 e. The number of alkyl halides is 3. The van der Waals surface area contributed by atoms with Crippen LogP contribution < -0.4 is 14.2 Å². The number of pyridine rings is 1. The Hall–Kier alpha value is -4.43. The van der Waals surface area contributed by atoms with Crippen LogP contribution in [-0.4, -0.2) is 94.0 Å². The lowest BCUT2D eigenvalue weighted by Crippen LogP contribution is -2.55. The van der Waals surface area contributed by atoms with Gasteiger partial charge in [0.2, 0.25) is 11.8 Å². The largest absolute Gasteiger partial charge is 0.497 e. The maximum absolute atomic E-state index is 14.4. The van der Waals surface area contributed by atoms with E-state index < -0.39 is 23.8 Å². The molecule has 0 spiro atoms. The van der Waals surface area contributed by atoms with Gasteiger partial charge in [0.15, 0.2) is 11.3 Å². The third kappa shape index (κ3) is 5.62. The monoisotopic (exact) mass is 614 g/mol. The van der Waals surface area contributed by atoms with Crippen molar-refractivity contribution < 1.29 is 37.3 Å². The summed E-state index contributed by atoms with van der Waals surface area (Å²) < 4.78 is 59.6. The van der Waals surface area contributed by atoms with Crippen molar-refractivity contribution in [3.05, 3.63) is 65.0 Å². The van der Waals surface area contributed by atoms with Gasteiger partial charge in [0.25, 0.3) is 5.91 Å². The lowest BCUT2D eigenvalue weighted by Gasteiger charge is -2.43. The first kappa shape index (κ1) is 31.0. The molecule has 0 aliphatic carbocycles. The molecule has 2 atom stereocenters. The number of amides is 1. The van der Waals surface area contributed by atoms with Crippen LogP contribution in [0.15, 0.2) is 42.6 Å². The molecule has 234 valence electrons. The number of carbonyl (C=O) groups is 1. The Labute approximate surface area is 251 Å². The molecule has 0 radical (unpaired) electrons. The quantitative estimate of drug-likeness (QED) is 0.314. The van der Waals surface area contributed by atoms with Crippen molar-refractivity contribution in [2.75, 3.05) is 47.6 Å². The van der Waals surface area contributed by atoms with Gasteiger partial charge in [-0.2, -0.15) is 23.3 Å². The Balaban J connectivity index is 1.47. The van der Waals surface area contributed by atoms with Crippen LogP contribution in [0.5, 0.6) is 17.5 Å². The number of hydrogen-bond acceptors (Lipinski definition) is 9. The van der Waals surface area contributed by atoms with Crippen LogP contribution in [0.4, 0.5) is 13.2 Å². The Bertz CT molecular complexity index is 1660. The molecule has 0 bridgehead atoms. The molecule has 1 unspecified atom stereocenters. The fourth-order valence-electron chi connectivity index (χ4n) is 5.69. The van der Waals surface area contributed by atoms with E-state index in [0.29, 0.717) is 46.2 Å². The number of fused-ring (bicyclic) bond motifs is 1. The second-order valence-electron chi connectivity index (χ2n) is 10.4. The Morgan fingerprint density at radius 2 is 1.77 bits per heavy atom. The zero-order chi connectivity index (χ0) is 31.8. The summed E-state index contributed by atoms with van der Waals surface area (Å²) in [6.07, 6.45) is -3.62. The van der Waals surface area contributed by atoms with Crippen molar-refractivity contribution >= 4 is 11.6 Å². The standard InChI is InChI=1S/C30H33F3N6O5/c1-17-15-37(23(16-40)21-10-11-24(43-4)35-28(21)44-5)12-13-38(17)29(41)22-14-34-39-26(30(31,32)33)18(2)25(36-27(22)39)19-6-8-20(42-3)9-7-19/h6-11,14,17,23,40H,12-13,15-16H2,1-5H3/t17-,23?/m1/s1. The molecule has 1 aromatic carbocycles. The molecule has 1 N–H and O–H groups in total. The van der Waals surface area contributed by atoms with E-state index in [1.54, 1.807) is 41.3 Å². The van der Waals surface area contributed by atoms with Crippen molar-refractivity contribution in [1.29, 1.82) is 0 Å². The second kappa shape index (κ2) is 12.3. The summed E-state index contributed by atoms with van der Waals surface area (Å²) in [4.78, 5) is 26.3. The van der Waals surface area contributed by atoms with Gasteiger partial charge in [-0.25, -0.2) is 9.50 Å². The molecule has 0 saturated carbocycles. The number of carbonyl (C=O) groups excluding carboxylic acids is 1. The summed E-state index contributed by atoms with van der Waals surface area (Å²) in [7, 11) is 4.47. The van der Waals surface area contributed by atoms with Crippen LogP contribution in [0.25, 0.3) is 16.9 Å². The molecule has 1 saturated heterocycles. The lowest BCUT2D eigenvalue weighted by molar-refractivity contribution is -0.143. The number of benzene rings is 1. The van der Waals surface area contributed by atoms with Gasteiger partial charge in [0.05, 0.1) is 45.9 Å². The fraction of sp³-hybridized carbons (Fsp3) is 0.400. The van der Waals surface area contributed by atoms with Crippen LogP contribution >= 0.6 is 0 Å². The highest BCUT2D eigenvalue weighted by Gasteiger charge is 2.40. The van der Waals surface area contributed by atoms with Crippen molar-refractivity contribution in [2.24, 2.45) is 0 Å². The van der Waals surface area contributed by atoms with Gasteiger partial charge in [-0.15, -0.1) is 0 Å².